The summed E-state index contributed by atoms with van der Waals surface area (Å²) < 4.78 is 16.0. The molecule has 0 amide bonds. The SMILES string of the molecule is Cc1nc(F)ccc1C(Nc1cc(Cl)c2ncc(C#N)c(NCC(C)(C)C)c2c1)c1cn(C2(C(C)(C)C)CC2)nn1. The molecule has 0 bridgehead atoms. The summed E-state index contributed by atoms with van der Waals surface area (Å²) in [4.78, 5) is 8.55. The van der Waals surface area contributed by atoms with E-state index in [1.165, 1.54) is 6.07 Å². The topological polar surface area (TPSA) is 104 Å². The van der Waals surface area contributed by atoms with Gasteiger partial charge >= 0.3 is 0 Å². The summed E-state index contributed by atoms with van der Waals surface area (Å²) in [5.41, 5.74) is 4.31. The summed E-state index contributed by atoms with van der Waals surface area (Å²) in [6.45, 7) is 15.5. The van der Waals surface area contributed by atoms with Gasteiger partial charge in [0.15, 0.2) is 0 Å². The first kappa shape index (κ1) is 28.7. The predicted octanol–water partition coefficient (Wildman–Crippen LogP) is 7.39. The van der Waals surface area contributed by atoms with Gasteiger partial charge in [-0.3, -0.25) is 4.98 Å². The van der Waals surface area contributed by atoms with Gasteiger partial charge in [0.25, 0.3) is 0 Å². The number of benzene rings is 1. The molecule has 41 heavy (non-hydrogen) atoms. The number of hydrogen-bond acceptors (Lipinski definition) is 7. The molecule has 1 fully saturated rings. The molecule has 4 aromatic rings. The average molecular weight is 575 g/mol. The van der Waals surface area contributed by atoms with E-state index in [1.807, 2.05) is 16.9 Å². The van der Waals surface area contributed by atoms with Crippen molar-refractivity contribution in [2.75, 3.05) is 17.2 Å². The zero-order chi connectivity index (χ0) is 29.7. The fraction of sp³-hybridized carbons (Fsp3) is 0.452. The Bertz CT molecular complexity index is 1650. The van der Waals surface area contributed by atoms with Crippen molar-refractivity contribution in [1.29, 1.82) is 5.26 Å². The number of nitrogens with one attached hydrogen (secondary N) is 2. The Hall–Kier alpha value is -3.77. The lowest BCUT2D eigenvalue weighted by atomic mass is 9.84. The largest absolute Gasteiger partial charge is 0.383 e. The lowest BCUT2D eigenvalue weighted by Gasteiger charge is -2.30. The monoisotopic (exact) mass is 574 g/mol. The van der Waals surface area contributed by atoms with Crippen molar-refractivity contribution in [3.63, 3.8) is 0 Å². The van der Waals surface area contributed by atoms with Crippen LogP contribution >= 0.6 is 11.6 Å². The number of rotatable bonds is 7. The Morgan fingerprint density at radius 1 is 1.17 bits per heavy atom. The highest BCUT2D eigenvalue weighted by molar-refractivity contribution is 6.35. The van der Waals surface area contributed by atoms with Crippen LogP contribution in [0.3, 0.4) is 0 Å². The summed E-state index contributed by atoms with van der Waals surface area (Å²) in [6.07, 6.45) is 5.59. The van der Waals surface area contributed by atoms with Crippen LogP contribution < -0.4 is 10.6 Å². The Morgan fingerprint density at radius 2 is 1.90 bits per heavy atom. The van der Waals surface area contributed by atoms with Gasteiger partial charge in [-0.15, -0.1) is 5.10 Å². The minimum atomic E-state index is -0.545. The molecule has 0 spiro atoms. The first-order valence-corrected chi connectivity index (χ1v) is 14.2. The molecule has 8 nitrogen and oxygen atoms in total. The number of pyridine rings is 2. The molecule has 1 aliphatic rings. The van der Waals surface area contributed by atoms with Crippen LogP contribution in [0, 0.1) is 35.0 Å². The van der Waals surface area contributed by atoms with E-state index in [1.54, 1.807) is 25.3 Å². The van der Waals surface area contributed by atoms with Crippen LogP contribution in [0.25, 0.3) is 10.9 Å². The van der Waals surface area contributed by atoms with Gasteiger partial charge < -0.3 is 10.6 Å². The predicted molar refractivity (Wildman–Crippen MR) is 160 cm³/mol. The maximum absolute atomic E-state index is 14.0. The molecule has 10 heteroatoms. The number of fused-ring (bicyclic) bond motifs is 1. The second-order valence-corrected chi connectivity index (χ2v) is 13.6. The lowest BCUT2D eigenvalue weighted by molar-refractivity contribution is 0.195. The smallest absolute Gasteiger partial charge is 0.213 e. The van der Waals surface area contributed by atoms with Crippen molar-refractivity contribution in [3.8, 4) is 6.07 Å². The van der Waals surface area contributed by atoms with Crippen LogP contribution in [0.2, 0.25) is 5.02 Å². The number of nitrogens with zero attached hydrogens (tertiary/aromatic N) is 6. The minimum absolute atomic E-state index is 0.0159. The Kier molecular flexibility index (Phi) is 7.19. The number of aromatic nitrogens is 5. The third-order valence-corrected chi connectivity index (χ3v) is 8.21. The van der Waals surface area contributed by atoms with E-state index < -0.39 is 12.0 Å². The molecule has 0 radical (unpaired) electrons. The zero-order valence-electron chi connectivity index (χ0n) is 24.6. The van der Waals surface area contributed by atoms with E-state index in [-0.39, 0.29) is 16.4 Å². The van der Waals surface area contributed by atoms with Crippen molar-refractivity contribution in [2.45, 2.75) is 72.9 Å². The Labute approximate surface area is 245 Å². The molecule has 214 valence electrons. The fourth-order valence-corrected chi connectivity index (χ4v) is 5.62. The summed E-state index contributed by atoms with van der Waals surface area (Å²) >= 11 is 6.76. The summed E-state index contributed by atoms with van der Waals surface area (Å²) in [5, 5.41) is 27.2. The van der Waals surface area contributed by atoms with Gasteiger partial charge in [-0.25, -0.2) is 9.67 Å². The highest BCUT2D eigenvalue weighted by Gasteiger charge is 2.54. The summed E-state index contributed by atoms with van der Waals surface area (Å²) in [7, 11) is 0. The highest BCUT2D eigenvalue weighted by atomic mass is 35.5. The molecule has 1 aliphatic carbocycles. The standard InChI is InChI=1S/C31H36ClFN8/c1-18-21(8-9-25(33)37-18)28(24-16-41(40-39-24)31(10-11-31)30(5,6)7)38-20-12-22-26(36-17-29(2,3)4)19(14-34)15-35-27(22)23(32)13-20/h8-9,12-13,15-16,28,38H,10-11,17H2,1-7H3,(H,35,36). The van der Waals surface area contributed by atoms with E-state index in [0.29, 0.717) is 45.4 Å². The molecule has 1 aromatic carbocycles. The second kappa shape index (κ2) is 10.3. The number of hydrogen-bond donors (Lipinski definition) is 2. The molecule has 2 N–H and O–H groups in total. The van der Waals surface area contributed by atoms with Gasteiger partial charge in [0, 0.05) is 35.1 Å². The molecule has 3 heterocycles. The normalized spacial score (nSPS) is 15.4. The van der Waals surface area contributed by atoms with Crippen molar-refractivity contribution in [1.82, 2.24) is 25.0 Å². The second-order valence-electron chi connectivity index (χ2n) is 13.2. The summed E-state index contributed by atoms with van der Waals surface area (Å²) in [6, 6.07) is 8.57. The lowest BCUT2D eigenvalue weighted by Crippen LogP contribution is -2.33. The van der Waals surface area contributed by atoms with Gasteiger partial charge in [-0.05, 0) is 48.8 Å². The van der Waals surface area contributed by atoms with E-state index in [2.05, 4.69) is 78.5 Å². The van der Waals surface area contributed by atoms with Crippen LogP contribution in [-0.2, 0) is 5.54 Å². The third kappa shape index (κ3) is 5.58. The quantitative estimate of drug-likeness (QED) is 0.222. The molecule has 0 saturated heterocycles. The molecule has 3 aromatic heterocycles. The molecule has 5 rings (SSSR count). The third-order valence-electron chi connectivity index (χ3n) is 7.92. The van der Waals surface area contributed by atoms with Gasteiger partial charge in [0.2, 0.25) is 5.95 Å². The zero-order valence-corrected chi connectivity index (χ0v) is 25.4. The molecular weight excluding hydrogens is 539 g/mol. The van der Waals surface area contributed by atoms with E-state index in [0.717, 1.165) is 23.8 Å². The summed E-state index contributed by atoms with van der Waals surface area (Å²) in [5.74, 6) is -0.545. The van der Waals surface area contributed by atoms with Crippen molar-refractivity contribution < 1.29 is 4.39 Å². The number of aryl methyl sites for hydroxylation is 1. The molecule has 1 unspecified atom stereocenters. The van der Waals surface area contributed by atoms with Gasteiger partial charge in [0.1, 0.15) is 11.8 Å². The van der Waals surface area contributed by atoms with Crippen molar-refractivity contribution in [3.05, 3.63) is 70.1 Å². The van der Waals surface area contributed by atoms with E-state index in [9.17, 15) is 9.65 Å². The number of nitriles is 1. The van der Waals surface area contributed by atoms with Crippen LogP contribution in [0.1, 0.15) is 82.9 Å². The fourth-order valence-electron chi connectivity index (χ4n) is 5.35. The van der Waals surface area contributed by atoms with Crippen LogP contribution in [0.4, 0.5) is 15.8 Å². The highest BCUT2D eigenvalue weighted by Crippen LogP contribution is 2.55. The van der Waals surface area contributed by atoms with Gasteiger partial charge in [0.05, 0.1) is 39.6 Å². The van der Waals surface area contributed by atoms with Crippen molar-refractivity contribution in [2.24, 2.45) is 10.8 Å². The van der Waals surface area contributed by atoms with Crippen LogP contribution in [-0.4, -0.2) is 31.5 Å². The first-order chi connectivity index (χ1) is 19.2. The molecule has 1 saturated carbocycles. The molecule has 1 atom stereocenters. The maximum Gasteiger partial charge on any atom is 0.213 e. The Balaban J connectivity index is 1.61. The van der Waals surface area contributed by atoms with E-state index >= 15 is 0 Å². The first-order valence-electron chi connectivity index (χ1n) is 13.8. The minimum Gasteiger partial charge on any atom is -0.383 e. The van der Waals surface area contributed by atoms with Gasteiger partial charge in [-0.2, -0.15) is 9.65 Å². The van der Waals surface area contributed by atoms with Gasteiger partial charge in [-0.1, -0.05) is 64.4 Å². The average Bonchev–Trinajstić information content (AvgIpc) is 3.57. The maximum atomic E-state index is 14.0. The van der Waals surface area contributed by atoms with Crippen LogP contribution in [0.15, 0.2) is 36.7 Å². The Morgan fingerprint density at radius 3 is 2.51 bits per heavy atom. The number of anilines is 2. The molecule has 0 aliphatic heterocycles. The van der Waals surface area contributed by atoms with Crippen molar-refractivity contribution >= 4 is 33.9 Å². The molecular formula is C31H36ClFN8. The van der Waals surface area contributed by atoms with E-state index in [4.69, 9.17) is 11.6 Å². The number of halogens is 2. The van der Waals surface area contributed by atoms with Crippen LogP contribution in [0.5, 0.6) is 0 Å².